The predicted octanol–water partition coefficient (Wildman–Crippen LogP) is 4.78. The lowest BCUT2D eigenvalue weighted by Crippen LogP contribution is -2.68. The van der Waals surface area contributed by atoms with Gasteiger partial charge in [0.25, 0.3) is 0 Å². The van der Waals surface area contributed by atoms with Gasteiger partial charge in [-0.25, -0.2) is 19.3 Å². The molecule has 1 aliphatic rings. The van der Waals surface area contributed by atoms with Crippen LogP contribution in [0, 0.1) is 5.92 Å². The van der Waals surface area contributed by atoms with Crippen LogP contribution >= 0.6 is 0 Å². The summed E-state index contributed by atoms with van der Waals surface area (Å²) in [5.41, 5.74) is -3.68. The number of esters is 1. The number of ether oxygens (including phenoxy) is 3. The highest BCUT2D eigenvalue weighted by molar-refractivity contribution is 7.91. The van der Waals surface area contributed by atoms with E-state index in [1.165, 1.54) is 13.0 Å². The number of hydrogen-bond donors (Lipinski definition) is 0. The molecular formula is C27H46N2O8S. The summed E-state index contributed by atoms with van der Waals surface area (Å²) in [6.45, 7) is 18.9. The molecule has 1 heterocycles. The Bertz CT molecular complexity index is 866. The summed E-state index contributed by atoms with van der Waals surface area (Å²) >= 11 is -1.32. The van der Waals surface area contributed by atoms with Gasteiger partial charge in [0, 0.05) is 19.3 Å². The molecule has 0 aromatic rings. The fourth-order valence-electron chi connectivity index (χ4n) is 4.45. The number of nitrogens with zero attached hydrogens (tertiary/aromatic N) is 2. The van der Waals surface area contributed by atoms with Crippen molar-refractivity contribution in [3.05, 3.63) is 12.7 Å². The van der Waals surface area contributed by atoms with Crippen LogP contribution in [0.25, 0.3) is 0 Å². The summed E-state index contributed by atoms with van der Waals surface area (Å²) < 4.78 is 29.4. The summed E-state index contributed by atoms with van der Waals surface area (Å²) in [5, 5.41) is 0. The third kappa shape index (κ3) is 8.62. The maximum Gasteiger partial charge on any atom is 0.419 e. The van der Waals surface area contributed by atoms with Crippen molar-refractivity contribution in [2.24, 2.45) is 5.92 Å². The van der Waals surface area contributed by atoms with Crippen molar-refractivity contribution in [1.29, 1.82) is 0 Å². The Morgan fingerprint density at radius 3 is 2.13 bits per heavy atom. The van der Waals surface area contributed by atoms with Gasteiger partial charge < -0.3 is 18.8 Å². The van der Waals surface area contributed by atoms with Crippen molar-refractivity contribution < 1.29 is 37.9 Å². The second-order valence-electron chi connectivity index (χ2n) is 11.4. The van der Waals surface area contributed by atoms with Crippen molar-refractivity contribution in [1.82, 2.24) is 9.80 Å². The van der Waals surface area contributed by atoms with Crippen LogP contribution in [-0.4, -0.2) is 79.4 Å². The molecule has 218 valence electrons. The Morgan fingerprint density at radius 1 is 1.11 bits per heavy atom. The summed E-state index contributed by atoms with van der Waals surface area (Å²) in [6.07, 6.45) is 0.982. The normalized spacial score (nSPS) is 22.4. The molecule has 38 heavy (non-hydrogen) atoms. The van der Waals surface area contributed by atoms with Gasteiger partial charge in [0.1, 0.15) is 34.4 Å². The number of imide groups is 1. The highest BCUT2D eigenvalue weighted by Gasteiger charge is 2.64. The van der Waals surface area contributed by atoms with Crippen molar-refractivity contribution in [3.8, 4) is 0 Å². The molecule has 1 fully saturated rings. The number of amides is 3. The van der Waals surface area contributed by atoms with Crippen molar-refractivity contribution >= 4 is 35.2 Å². The highest BCUT2D eigenvalue weighted by atomic mass is 32.2. The fraction of sp³-hybridized carbons (Fsp3) is 0.778. The highest BCUT2D eigenvalue weighted by Crippen LogP contribution is 2.47. The van der Waals surface area contributed by atoms with Gasteiger partial charge >= 0.3 is 18.2 Å². The molecule has 4 atom stereocenters. The standard InChI is InChI=1S/C27H46N2O8S/c1-11-14-16-35-22(31)21-18-20(12-2)27(15-17-38(34)13-3,29(21)24(33)37-26(8,9)10)28(19(4)30)23(32)36-25(5,6)7/h12,20-21H,2,11,13-18H2,1,3-10H3/t20-,21-,27+,38?/m1/s1. The van der Waals surface area contributed by atoms with E-state index in [-0.39, 0.29) is 25.2 Å². The van der Waals surface area contributed by atoms with E-state index in [4.69, 9.17) is 14.2 Å². The lowest BCUT2D eigenvalue weighted by molar-refractivity contribution is -0.157. The van der Waals surface area contributed by atoms with E-state index in [2.05, 4.69) is 6.58 Å². The first-order valence-corrected chi connectivity index (χ1v) is 14.6. The Hall–Kier alpha value is -2.27. The smallest absolute Gasteiger partial charge is 0.419 e. The first-order chi connectivity index (χ1) is 17.4. The topological polar surface area (TPSA) is 126 Å². The van der Waals surface area contributed by atoms with E-state index in [0.29, 0.717) is 12.2 Å². The number of likely N-dealkylation sites (tertiary alicyclic amines) is 1. The minimum Gasteiger partial charge on any atom is -0.616 e. The first kappa shape index (κ1) is 33.8. The summed E-state index contributed by atoms with van der Waals surface area (Å²) in [4.78, 5) is 55.9. The molecule has 0 radical (unpaired) electrons. The van der Waals surface area contributed by atoms with E-state index in [0.717, 1.165) is 16.2 Å². The number of unbranched alkanes of at least 4 members (excludes halogenated alkanes) is 1. The molecule has 0 aliphatic carbocycles. The maximum absolute atomic E-state index is 13.8. The first-order valence-electron chi connectivity index (χ1n) is 13.1. The molecule has 0 N–H and O–H groups in total. The van der Waals surface area contributed by atoms with Crippen LogP contribution in [0.2, 0.25) is 0 Å². The molecule has 1 saturated heterocycles. The van der Waals surface area contributed by atoms with Crippen LogP contribution in [0.1, 0.15) is 88.0 Å². The quantitative estimate of drug-likeness (QED) is 0.123. The average Bonchev–Trinajstić information content (AvgIpc) is 3.09. The van der Waals surface area contributed by atoms with Crippen LogP contribution in [0.5, 0.6) is 0 Å². The molecule has 11 heteroatoms. The van der Waals surface area contributed by atoms with E-state index in [1.54, 1.807) is 48.5 Å². The van der Waals surface area contributed by atoms with E-state index in [1.807, 2.05) is 6.92 Å². The van der Waals surface area contributed by atoms with Crippen LogP contribution in [0.4, 0.5) is 9.59 Å². The average molecular weight is 559 g/mol. The van der Waals surface area contributed by atoms with Gasteiger partial charge in [-0.15, -0.1) is 6.58 Å². The minimum atomic E-state index is -1.77. The number of rotatable bonds is 10. The summed E-state index contributed by atoms with van der Waals surface area (Å²) in [5.74, 6) is -1.77. The summed E-state index contributed by atoms with van der Waals surface area (Å²) in [7, 11) is 0. The van der Waals surface area contributed by atoms with Gasteiger partial charge in [-0.1, -0.05) is 30.6 Å². The molecular weight excluding hydrogens is 512 g/mol. The molecule has 0 saturated carbocycles. The van der Waals surface area contributed by atoms with E-state index in [9.17, 15) is 23.7 Å². The monoisotopic (exact) mass is 558 g/mol. The van der Waals surface area contributed by atoms with Gasteiger partial charge in [0.2, 0.25) is 5.91 Å². The molecule has 0 aromatic heterocycles. The zero-order valence-electron chi connectivity index (χ0n) is 24.5. The Labute approximate surface area is 230 Å². The van der Waals surface area contributed by atoms with Crippen LogP contribution < -0.4 is 0 Å². The fourth-order valence-corrected chi connectivity index (χ4v) is 5.26. The SMILES string of the molecule is C=C[C@@H]1C[C@H](C(=O)OCCCC)N(C(=O)OC(C)(C)C)[C@]1(CC[S+]([O-])CC)N(C(C)=O)C(=O)OC(C)(C)C. The number of hydrogen-bond acceptors (Lipinski definition) is 8. The third-order valence-corrected chi connectivity index (χ3v) is 7.29. The predicted molar refractivity (Wildman–Crippen MR) is 146 cm³/mol. The van der Waals surface area contributed by atoms with Crippen molar-refractivity contribution in [2.45, 2.75) is 111 Å². The molecule has 10 nitrogen and oxygen atoms in total. The Morgan fingerprint density at radius 2 is 1.68 bits per heavy atom. The van der Waals surface area contributed by atoms with Crippen molar-refractivity contribution in [3.63, 3.8) is 0 Å². The van der Waals surface area contributed by atoms with Gasteiger partial charge in [-0.3, -0.25) is 9.69 Å². The zero-order chi connectivity index (χ0) is 29.5. The van der Waals surface area contributed by atoms with Gasteiger partial charge in [-0.05, 0) is 61.3 Å². The van der Waals surface area contributed by atoms with Crippen LogP contribution in [0.15, 0.2) is 12.7 Å². The van der Waals surface area contributed by atoms with E-state index < -0.39 is 64.1 Å². The molecule has 1 rings (SSSR count). The summed E-state index contributed by atoms with van der Waals surface area (Å²) in [6, 6.07) is -1.18. The third-order valence-electron chi connectivity index (χ3n) is 5.99. The molecule has 0 spiro atoms. The lowest BCUT2D eigenvalue weighted by atomic mass is 9.88. The molecule has 1 aliphatic heterocycles. The number of carbonyl (C=O) groups excluding carboxylic acids is 4. The van der Waals surface area contributed by atoms with Gasteiger partial charge in [0.05, 0.1) is 6.61 Å². The Kier molecular flexibility index (Phi) is 12.2. The minimum absolute atomic E-state index is 0.0268. The second-order valence-corrected chi connectivity index (χ2v) is 13.2. The molecule has 0 bridgehead atoms. The largest absolute Gasteiger partial charge is 0.616 e. The second kappa shape index (κ2) is 13.7. The van der Waals surface area contributed by atoms with Gasteiger partial charge in [0.15, 0.2) is 0 Å². The lowest BCUT2D eigenvalue weighted by Gasteiger charge is -2.48. The van der Waals surface area contributed by atoms with Crippen LogP contribution in [0.3, 0.4) is 0 Å². The zero-order valence-corrected chi connectivity index (χ0v) is 25.3. The van der Waals surface area contributed by atoms with Gasteiger partial charge in [-0.2, -0.15) is 0 Å². The van der Waals surface area contributed by atoms with E-state index >= 15 is 0 Å². The molecule has 0 aromatic carbocycles. The molecule has 1 unspecified atom stereocenters. The number of carbonyl (C=O) groups is 4. The Balaban J connectivity index is 3.90. The van der Waals surface area contributed by atoms with Crippen LogP contribution in [-0.2, 0) is 35.0 Å². The maximum atomic E-state index is 13.8. The molecule has 3 amide bonds. The van der Waals surface area contributed by atoms with Crippen molar-refractivity contribution in [2.75, 3.05) is 18.1 Å².